The smallest absolute Gasteiger partial charge is 0.414 e. The van der Waals surface area contributed by atoms with E-state index in [0.29, 0.717) is 49.3 Å². The molecule has 3 fully saturated rings. The van der Waals surface area contributed by atoms with Crippen molar-refractivity contribution in [2.75, 3.05) is 57.3 Å². The molecule has 1 aromatic heterocycles. The molecule has 5 rings (SSSR count). The number of hydrogen-bond acceptors (Lipinski definition) is 6. The zero-order valence-electron chi connectivity index (χ0n) is 25.1. The topological polar surface area (TPSA) is 86.3 Å². The highest BCUT2D eigenvalue weighted by molar-refractivity contribution is 6.31. The lowest BCUT2D eigenvalue weighted by atomic mass is 10.0. The monoisotopic (exact) mass is 595 g/mol. The van der Waals surface area contributed by atoms with E-state index in [0.717, 1.165) is 67.2 Å². The Morgan fingerprint density at radius 3 is 2.29 bits per heavy atom. The van der Waals surface area contributed by atoms with Gasteiger partial charge < -0.3 is 19.4 Å². The second-order valence-corrected chi connectivity index (χ2v) is 12.5. The molecule has 4 heterocycles. The van der Waals surface area contributed by atoms with Gasteiger partial charge in [-0.2, -0.15) is 0 Å². The van der Waals surface area contributed by atoms with Crippen LogP contribution in [-0.4, -0.2) is 96.1 Å². The molecule has 226 valence electrons. The maximum Gasteiger partial charge on any atom is 0.414 e. The molecule has 42 heavy (non-hydrogen) atoms. The molecule has 0 spiro atoms. The number of benzene rings is 1. The summed E-state index contributed by atoms with van der Waals surface area (Å²) in [7, 11) is 0. The minimum absolute atomic E-state index is 0.0553. The van der Waals surface area contributed by atoms with Crippen LogP contribution in [0.3, 0.4) is 0 Å². The molecule has 10 heteroatoms. The quantitative estimate of drug-likeness (QED) is 0.461. The van der Waals surface area contributed by atoms with Gasteiger partial charge in [-0.3, -0.25) is 19.5 Å². The van der Waals surface area contributed by atoms with E-state index in [4.69, 9.17) is 16.3 Å². The molecule has 3 saturated heterocycles. The highest BCUT2D eigenvalue weighted by atomic mass is 35.5. The molecule has 1 aromatic carbocycles. The number of anilines is 1. The lowest BCUT2D eigenvalue weighted by Gasteiger charge is -2.32. The van der Waals surface area contributed by atoms with E-state index in [9.17, 15) is 14.4 Å². The molecule has 0 aliphatic carbocycles. The van der Waals surface area contributed by atoms with E-state index in [1.165, 1.54) is 0 Å². The van der Waals surface area contributed by atoms with Crippen molar-refractivity contribution in [2.24, 2.45) is 11.8 Å². The minimum atomic E-state index is -0.371. The number of aromatic nitrogens is 1. The van der Waals surface area contributed by atoms with Crippen LogP contribution in [0.1, 0.15) is 53.4 Å². The molecule has 0 N–H and O–H groups in total. The lowest BCUT2D eigenvalue weighted by molar-refractivity contribution is -0.130. The fraction of sp³-hybridized carbons (Fsp3) is 0.562. The van der Waals surface area contributed by atoms with Crippen molar-refractivity contribution in [1.82, 2.24) is 19.7 Å². The van der Waals surface area contributed by atoms with E-state index in [-0.39, 0.29) is 24.0 Å². The Labute approximate surface area is 253 Å². The van der Waals surface area contributed by atoms with Crippen LogP contribution in [-0.2, 0) is 9.53 Å². The Hall–Kier alpha value is -3.17. The molecule has 3 aliphatic heterocycles. The summed E-state index contributed by atoms with van der Waals surface area (Å²) in [5.41, 5.74) is 4.19. The zero-order chi connectivity index (χ0) is 30.0. The minimum Gasteiger partial charge on any atom is -0.446 e. The van der Waals surface area contributed by atoms with Crippen molar-refractivity contribution in [1.29, 1.82) is 0 Å². The van der Waals surface area contributed by atoms with Gasteiger partial charge in [0, 0.05) is 82.5 Å². The van der Waals surface area contributed by atoms with Gasteiger partial charge in [-0.05, 0) is 74.9 Å². The summed E-state index contributed by atoms with van der Waals surface area (Å²) in [4.78, 5) is 50.6. The first kappa shape index (κ1) is 30.3. The molecular formula is C32H42ClN5O4. The van der Waals surface area contributed by atoms with Gasteiger partial charge in [0.25, 0.3) is 5.91 Å². The van der Waals surface area contributed by atoms with Gasteiger partial charge in [0.05, 0.1) is 11.3 Å². The summed E-state index contributed by atoms with van der Waals surface area (Å²) in [6, 6.07) is 7.57. The fourth-order valence-corrected chi connectivity index (χ4v) is 6.81. The first-order valence-electron chi connectivity index (χ1n) is 15.0. The van der Waals surface area contributed by atoms with Crippen LogP contribution in [0.5, 0.6) is 0 Å². The number of pyridine rings is 1. The summed E-state index contributed by atoms with van der Waals surface area (Å²) in [5.74, 6) is 1.07. The molecule has 2 aromatic rings. The normalized spacial score (nSPS) is 21.0. The number of aryl methyl sites for hydroxylation is 3. The van der Waals surface area contributed by atoms with Crippen molar-refractivity contribution >= 4 is 35.2 Å². The summed E-state index contributed by atoms with van der Waals surface area (Å²) in [6.45, 7) is 13.4. The maximum absolute atomic E-state index is 13.4. The molecule has 2 unspecified atom stereocenters. The number of halogens is 1. The summed E-state index contributed by atoms with van der Waals surface area (Å²) >= 11 is 6.43. The van der Waals surface area contributed by atoms with Gasteiger partial charge in [0.2, 0.25) is 5.91 Å². The van der Waals surface area contributed by atoms with E-state index in [2.05, 4.69) is 9.88 Å². The standard InChI is InChI=1S/C32H42ClN5O4/c1-21-6-7-27(16-29(21)33)38(32(41)42-28-9-14-36(15-10-28)24(4)39)13-5-12-35-17-25-19-37(20-26(25)18-35)31(40)30-22(2)8-11-34-23(30)3/h6-8,11,16,25-26,28H,5,9-10,12-15,17-20H2,1-4H3. The van der Waals surface area contributed by atoms with Gasteiger partial charge in [-0.15, -0.1) is 0 Å². The Balaban J connectivity index is 1.15. The van der Waals surface area contributed by atoms with E-state index in [1.54, 1.807) is 22.9 Å². The molecular weight excluding hydrogens is 554 g/mol. The zero-order valence-corrected chi connectivity index (χ0v) is 25.9. The Kier molecular flexibility index (Phi) is 9.38. The van der Waals surface area contributed by atoms with Crippen LogP contribution in [0.15, 0.2) is 30.5 Å². The molecule has 2 atom stereocenters. The van der Waals surface area contributed by atoms with Gasteiger partial charge >= 0.3 is 6.09 Å². The van der Waals surface area contributed by atoms with Crippen LogP contribution in [0, 0.1) is 32.6 Å². The third-order valence-electron chi connectivity index (χ3n) is 9.11. The number of carbonyl (C=O) groups excluding carboxylic acids is 3. The average molecular weight is 596 g/mol. The number of piperidine rings is 1. The molecule has 0 bridgehead atoms. The van der Waals surface area contributed by atoms with Gasteiger partial charge in [-0.25, -0.2) is 4.79 Å². The van der Waals surface area contributed by atoms with Crippen LogP contribution < -0.4 is 4.90 Å². The SMILES string of the molecule is CC(=O)N1CCC(OC(=O)N(CCCN2CC3CN(C(=O)c4c(C)ccnc4C)CC3C2)c2ccc(C)c(Cl)c2)CC1. The first-order chi connectivity index (χ1) is 20.1. The van der Waals surface area contributed by atoms with E-state index < -0.39 is 0 Å². The third-order valence-corrected chi connectivity index (χ3v) is 9.52. The summed E-state index contributed by atoms with van der Waals surface area (Å²) in [5, 5.41) is 0.614. The van der Waals surface area contributed by atoms with Gasteiger partial charge in [-0.1, -0.05) is 17.7 Å². The molecule has 3 aliphatic rings. The third kappa shape index (κ3) is 6.73. The predicted octanol–water partition coefficient (Wildman–Crippen LogP) is 4.71. The number of ether oxygens (including phenoxy) is 1. The summed E-state index contributed by atoms with van der Waals surface area (Å²) < 4.78 is 5.93. The second-order valence-electron chi connectivity index (χ2n) is 12.1. The second kappa shape index (κ2) is 13.0. The van der Waals surface area contributed by atoms with Crippen LogP contribution >= 0.6 is 11.6 Å². The van der Waals surface area contributed by atoms with Gasteiger partial charge in [0.15, 0.2) is 0 Å². The number of rotatable bonds is 7. The van der Waals surface area contributed by atoms with E-state index in [1.807, 2.05) is 49.9 Å². The van der Waals surface area contributed by atoms with Crippen molar-refractivity contribution < 1.29 is 19.1 Å². The Bertz CT molecular complexity index is 1290. The number of carbonyl (C=O) groups is 3. The molecule has 0 saturated carbocycles. The van der Waals surface area contributed by atoms with Crippen LogP contribution in [0.25, 0.3) is 0 Å². The molecule has 0 radical (unpaired) electrons. The number of amides is 3. The number of nitrogens with zero attached hydrogens (tertiary/aromatic N) is 5. The van der Waals surface area contributed by atoms with E-state index >= 15 is 0 Å². The van der Waals surface area contributed by atoms with Gasteiger partial charge in [0.1, 0.15) is 6.10 Å². The molecule has 9 nitrogen and oxygen atoms in total. The molecule has 3 amide bonds. The predicted molar refractivity (Wildman–Crippen MR) is 163 cm³/mol. The number of likely N-dealkylation sites (tertiary alicyclic amines) is 3. The highest BCUT2D eigenvalue weighted by Crippen LogP contribution is 2.33. The highest BCUT2D eigenvalue weighted by Gasteiger charge is 2.42. The largest absolute Gasteiger partial charge is 0.446 e. The Morgan fingerprint density at radius 2 is 1.67 bits per heavy atom. The van der Waals surface area contributed by atoms with Crippen molar-refractivity contribution in [3.8, 4) is 0 Å². The Morgan fingerprint density at radius 1 is 0.976 bits per heavy atom. The fourth-order valence-electron chi connectivity index (χ4n) is 6.64. The van der Waals surface area contributed by atoms with Crippen LogP contribution in [0.2, 0.25) is 5.02 Å². The van der Waals surface area contributed by atoms with Crippen molar-refractivity contribution in [2.45, 2.75) is 53.1 Å². The first-order valence-corrected chi connectivity index (χ1v) is 15.4. The van der Waals surface area contributed by atoms with Crippen molar-refractivity contribution in [3.63, 3.8) is 0 Å². The number of fused-ring (bicyclic) bond motifs is 1. The summed E-state index contributed by atoms with van der Waals surface area (Å²) in [6.07, 6.45) is 3.25. The average Bonchev–Trinajstić information content (AvgIpc) is 3.52. The number of hydrogen-bond donors (Lipinski definition) is 0. The lowest BCUT2D eigenvalue weighted by Crippen LogP contribution is -2.43. The van der Waals surface area contributed by atoms with Crippen molar-refractivity contribution in [3.05, 3.63) is 57.9 Å². The van der Waals surface area contributed by atoms with Crippen LogP contribution in [0.4, 0.5) is 10.5 Å². The maximum atomic E-state index is 13.4.